The lowest BCUT2D eigenvalue weighted by atomic mass is 10.1. The van der Waals surface area contributed by atoms with Gasteiger partial charge in [0.25, 0.3) is 5.69 Å². The van der Waals surface area contributed by atoms with Gasteiger partial charge >= 0.3 is 0 Å². The molecular weight excluding hydrogens is 326 g/mol. The van der Waals surface area contributed by atoms with Gasteiger partial charge in [-0.05, 0) is 12.1 Å². The number of nitro benzene ring substituents is 1. The van der Waals surface area contributed by atoms with Crippen LogP contribution in [0.3, 0.4) is 0 Å². The number of benzene rings is 1. The van der Waals surface area contributed by atoms with Crippen molar-refractivity contribution in [2.75, 3.05) is 14.2 Å². The zero-order chi connectivity index (χ0) is 17.8. The highest BCUT2D eigenvalue weighted by atomic mass is 16.6. The van der Waals surface area contributed by atoms with Crippen molar-refractivity contribution in [3.05, 3.63) is 58.5 Å². The number of fused-ring (bicyclic) bond motifs is 1. The predicted molar refractivity (Wildman–Crippen MR) is 90.1 cm³/mol. The number of hydrogen-bond donors (Lipinski definition) is 0. The average Bonchev–Trinajstić information content (AvgIpc) is 2.65. The second-order valence-corrected chi connectivity index (χ2v) is 5.08. The van der Waals surface area contributed by atoms with E-state index in [1.165, 1.54) is 26.5 Å². The second-order valence-electron chi connectivity index (χ2n) is 5.08. The molecule has 8 nitrogen and oxygen atoms in total. The van der Waals surface area contributed by atoms with Gasteiger partial charge in [-0.3, -0.25) is 15.1 Å². The molecule has 0 unspecified atom stereocenters. The summed E-state index contributed by atoms with van der Waals surface area (Å²) in [5.41, 5.74) is 0.659. The number of non-ortho nitro benzene ring substituents is 1. The van der Waals surface area contributed by atoms with Crippen LogP contribution in [0.1, 0.15) is 5.56 Å². The fourth-order valence-electron chi connectivity index (χ4n) is 2.52. The van der Waals surface area contributed by atoms with Gasteiger partial charge in [-0.2, -0.15) is 0 Å². The number of rotatable bonds is 6. The van der Waals surface area contributed by atoms with Gasteiger partial charge in [0.1, 0.15) is 12.0 Å². The van der Waals surface area contributed by atoms with E-state index in [2.05, 4.69) is 9.97 Å². The molecule has 25 heavy (non-hydrogen) atoms. The lowest BCUT2D eigenvalue weighted by Gasteiger charge is -2.13. The lowest BCUT2D eigenvalue weighted by Crippen LogP contribution is -2.02. The van der Waals surface area contributed by atoms with Crippen molar-refractivity contribution in [2.45, 2.75) is 6.61 Å². The monoisotopic (exact) mass is 341 g/mol. The minimum atomic E-state index is -0.497. The Bertz CT molecular complexity index is 915. The van der Waals surface area contributed by atoms with Gasteiger partial charge in [0.15, 0.2) is 11.5 Å². The number of ether oxygens (including phenoxy) is 3. The van der Waals surface area contributed by atoms with Gasteiger partial charge in [0.05, 0.1) is 25.2 Å². The molecule has 8 heteroatoms. The zero-order valence-electron chi connectivity index (χ0n) is 13.6. The Morgan fingerprint density at radius 1 is 1.20 bits per heavy atom. The summed E-state index contributed by atoms with van der Waals surface area (Å²) in [6.45, 7) is 0.186. The minimum Gasteiger partial charge on any atom is -0.493 e. The zero-order valence-corrected chi connectivity index (χ0v) is 13.6. The smallest absolute Gasteiger partial charge is 0.286 e. The first-order chi connectivity index (χ1) is 12.2. The van der Waals surface area contributed by atoms with E-state index in [9.17, 15) is 10.1 Å². The van der Waals surface area contributed by atoms with Crippen LogP contribution in [0.5, 0.6) is 17.4 Å². The molecule has 0 saturated carbocycles. The fraction of sp³-hybridized carbons (Fsp3) is 0.176. The van der Waals surface area contributed by atoms with E-state index in [4.69, 9.17) is 14.2 Å². The molecule has 2 aromatic heterocycles. The summed E-state index contributed by atoms with van der Waals surface area (Å²) in [5.74, 6) is 0.803. The molecule has 0 aliphatic heterocycles. The first kappa shape index (κ1) is 16.4. The van der Waals surface area contributed by atoms with Crippen molar-refractivity contribution >= 4 is 16.5 Å². The molecule has 0 aliphatic rings. The third-order valence-electron chi connectivity index (χ3n) is 3.63. The fourth-order valence-corrected chi connectivity index (χ4v) is 2.52. The number of pyridine rings is 2. The van der Waals surface area contributed by atoms with E-state index in [1.807, 2.05) is 6.07 Å². The maximum Gasteiger partial charge on any atom is 0.286 e. The Morgan fingerprint density at radius 3 is 2.68 bits per heavy atom. The standard InChI is InChI=1S/C17H15N3O5/c1-23-14-8-13(20(21)22)15-12(16(14)24-2)5-7-19-17(15)25-10-11-4-3-6-18-9-11/h3-9H,10H2,1-2H3. The topological polar surface area (TPSA) is 96.6 Å². The summed E-state index contributed by atoms with van der Waals surface area (Å²) >= 11 is 0. The van der Waals surface area contributed by atoms with Crippen LogP contribution < -0.4 is 14.2 Å². The van der Waals surface area contributed by atoms with Gasteiger partial charge in [-0.15, -0.1) is 0 Å². The molecule has 0 fully saturated rings. The molecule has 128 valence electrons. The quantitative estimate of drug-likeness (QED) is 0.502. The molecule has 3 rings (SSSR count). The van der Waals surface area contributed by atoms with E-state index < -0.39 is 4.92 Å². The molecule has 0 amide bonds. The van der Waals surface area contributed by atoms with Crippen LogP contribution in [0.2, 0.25) is 0 Å². The van der Waals surface area contributed by atoms with Crippen molar-refractivity contribution in [2.24, 2.45) is 0 Å². The molecule has 0 radical (unpaired) electrons. The third kappa shape index (κ3) is 3.14. The van der Waals surface area contributed by atoms with Crippen LogP contribution in [-0.4, -0.2) is 29.1 Å². The summed E-state index contributed by atoms with van der Waals surface area (Å²) in [4.78, 5) is 19.2. The maximum absolute atomic E-state index is 11.5. The normalized spacial score (nSPS) is 10.5. The van der Waals surface area contributed by atoms with Crippen molar-refractivity contribution in [1.82, 2.24) is 9.97 Å². The molecule has 0 atom stereocenters. The Kier molecular flexibility index (Phi) is 4.60. The number of aromatic nitrogens is 2. The van der Waals surface area contributed by atoms with Gasteiger partial charge in [0.2, 0.25) is 5.88 Å². The predicted octanol–water partition coefficient (Wildman–Crippen LogP) is 3.13. The number of nitrogens with zero attached hydrogens (tertiary/aromatic N) is 3. The third-order valence-corrected chi connectivity index (χ3v) is 3.63. The van der Waals surface area contributed by atoms with Gasteiger partial charge in [-0.1, -0.05) is 6.07 Å². The molecule has 2 heterocycles. The average molecular weight is 341 g/mol. The first-order valence-electron chi connectivity index (χ1n) is 7.35. The SMILES string of the molecule is COc1cc([N+](=O)[O-])c2c(OCc3cccnc3)nccc2c1OC. The largest absolute Gasteiger partial charge is 0.493 e. The van der Waals surface area contributed by atoms with E-state index in [0.717, 1.165) is 5.56 Å². The Hall–Kier alpha value is -3.42. The molecule has 0 aliphatic carbocycles. The molecule has 0 saturated heterocycles. The molecule has 3 aromatic rings. The highest BCUT2D eigenvalue weighted by Gasteiger charge is 2.24. The minimum absolute atomic E-state index is 0.147. The summed E-state index contributed by atoms with van der Waals surface area (Å²) in [6, 6.07) is 6.56. The molecule has 0 spiro atoms. The molecular formula is C17H15N3O5. The summed E-state index contributed by atoms with van der Waals surface area (Å²) in [5, 5.41) is 12.3. The van der Waals surface area contributed by atoms with Crippen molar-refractivity contribution in [1.29, 1.82) is 0 Å². The second kappa shape index (κ2) is 7.00. The van der Waals surface area contributed by atoms with Gasteiger partial charge in [0, 0.05) is 29.5 Å². The number of hydrogen-bond acceptors (Lipinski definition) is 7. The Labute approximate surface area is 143 Å². The maximum atomic E-state index is 11.5. The highest BCUT2D eigenvalue weighted by molar-refractivity contribution is 6.00. The van der Waals surface area contributed by atoms with Crippen molar-refractivity contribution in [3.63, 3.8) is 0 Å². The first-order valence-corrected chi connectivity index (χ1v) is 7.35. The van der Waals surface area contributed by atoms with E-state index in [-0.39, 0.29) is 29.3 Å². The van der Waals surface area contributed by atoms with E-state index in [0.29, 0.717) is 11.1 Å². The summed E-state index contributed by atoms with van der Waals surface area (Å²) < 4.78 is 16.3. The highest BCUT2D eigenvalue weighted by Crippen LogP contribution is 2.44. The van der Waals surface area contributed by atoms with E-state index >= 15 is 0 Å². The summed E-state index contributed by atoms with van der Waals surface area (Å²) in [7, 11) is 2.90. The van der Waals surface area contributed by atoms with Crippen molar-refractivity contribution in [3.8, 4) is 17.4 Å². The van der Waals surface area contributed by atoms with E-state index in [1.54, 1.807) is 24.5 Å². The van der Waals surface area contributed by atoms with Crippen LogP contribution >= 0.6 is 0 Å². The number of nitro groups is 1. The Morgan fingerprint density at radius 2 is 2.04 bits per heavy atom. The Balaban J connectivity index is 2.14. The van der Waals surface area contributed by atoms with Gasteiger partial charge in [-0.25, -0.2) is 4.98 Å². The van der Waals surface area contributed by atoms with Crippen LogP contribution in [0.4, 0.5) is 5.69 Å². The lowest BCUT2D eigenvalue weighted by molar-refractivity contribution is -0.383. The van der Waals surface area contributed by atoms with Crippen LogP contribution in [0.15, 0.2) is 42.9 Å². The molecule has 1 aromatic carbocycles. The van der Waals surface area contributed by atoms with Crippen LogP contribution in [0, 0.1) is 10.1 Å². The molecule has 0 N–H and O–H groups in total. The van der Waals surface area contributed by atoms with Crippen LogP contribution in [-0.2, 0) is 6.61 Å². The summed E-state index contributed by atoms with van der Waals surface area (Å²) in [6.07, 6.45) is 4.82. The molecule has 0 bridgehead atoms. The van der Waals surface area contributed by atoms with Crippen molar-refractivity contribution < 1.29 is 19.1 Å². The van der Waals surface area contributed by atoms with Crippen LogP contribution in [0.25, 0.3) is 10.8 Å². The number of methoxy groups -OCH3 is 2. The van der Waals surface area contributed by atoms with Gasteiger partial charge < -0.3 is 14.2 Å².